The molecule has 0 spiro atoms. The Kier molecular flexibility index (Phi) is 1.52. The summed E-state index contributed by atoms with van der Waals surface area (Å²) in [6.45, 7) is 4.15. The maximum atomic E-state index is 6.20. The van der Waals surface area contributed by atoms with Crippen molar-refractivity contribution in [2.45, 2.75) is 38.1 Å². The summed E-state index contributed by atoms with van der Waals surface area (Å²) in [6.07, 6.45) is 4.76. The molecule has 2 aliphatic rings. The third kappa shape index (κ3) is 1.09. The summed E-state index contributed by atoms with van der Waals surface area (Å²) < 4.78 is 5.33. The lowest BCUT2D eigenvalue weighted by Gasteiger charge is -2.39. The van der Waals surface area contributed by atoms with Gasteiger partial charge in [-0.15, -0.1) is 0 Å². The second-order valence-electron chi connectivity index (χ2n) is 4.33. The molecule has 1 aliphatic carbocycles. The maximum Gasteiger partial charge on any atom is 0.0471 e. The van der Waals surface area contributed by atoms with Crippen LogP contribution in [0.1, 0.15) is 32.6 Å². The first kappa shape index (κ1) is 7.56. The maximum absolute atomic E-state index is 6.20. The molecule has 2 N–H and O–H groups in total. The largest absolute Gasteiger partial charge is 0.381 e. The van der Waals surface area contributed by atoms with E-state index in [2.05, 4.69) is 6.92 Å². The topological polar surface area (TPSA) is 35.2 Å². The Morgan fingerprint density at radius 2 is 1.64 bits per heavy atom. The van der Waals surface area contributed by atoms with Gasteiger partial charge in [0, 0.05) is 18.8 Å². The van der Waals surface area contributed by atoms with E-state index in [1.54, 1.807) is 0 Å². The van der Waals surface area contributed by atoms with E-state index in [1.165, 1.54) is 12.8 Å². The van der Waals surface area contributed by atoms with Crippen molar-refractivity contribution in [3.63, 3.8) is 0 Å². The fourth-order valence-electron chi connectivity index (χ4n) is 2.06. The highest BCUT2D eigenvalue weighted by Gasteiger charge is 2.53. The molecule has 1 saturated heterocycles. The predicted molar refractivity (Wildman–Crippen MR) is 44.3 cm³/mol. The number of hydrogen-bond donors (Lipinski definition) is 1. The van der Waals surface area contributed by atoms with Crippen molar-refractivity contribution in [2.75, 3.05) is 13.2 Å². The fraction of sp³-hybridized carbons (Fsp3) is 1.00. The molecule has 0 atom stereocenters. The molecule has 2 fully saturated rings. The van der Waals surface area contributed by atoms with E-state index in [-0.39, 0.29) is 5.54 Å². The van der Waals surface area contributed by atoms with Crippen molar-refractivity contribution in [2.24, 2.45) is 11.1 Å². The van der Waals surface area contributed by atoms with Crippen LogP contribution < -0.4 is 5.73 Å². The van der Waals surface area contributed by atoms with Crippen LogP contribution in [0.25, 0.3) is 0 Å². The van der Waals surface area contributed by atoms with Gasteiger partial charge in [0.05, 0.1) is 0 Å². The quantitative estimate of drug-likeness (QED) is 0.619. The zero-order valence-corrected chi connectivity index (χ0v) is 7.23. The van der Waals surface area contributed by atoms with E-state index in [4.69, 9.17) is 10.5 Å². The summed E-state index contributed by atoms with van der Waals surface area (Å²) in [4.78, 5) is 0. The van der Waals surface area contributed by atoms with Crippen LogP contribution in [-0.2, 0) is 4.74 Å². The lowest BCUT2D eigenvalue weighted by atomic mass is 9.74. The summed E-state index contributed by atoms with van der Waals surface area (Å²) in [6, 6.07) is 0. The Morgan fingerprint density at radius 3 is 2.09 bits per heavy atom. The summed E-state index contributed by atoms with van der Waals surface area (Å²) in [5.74, 6) is 0. The van der Waals surface area contributed by atoms with Crippen molar-refractivity contribution in [3.8, 4) is 0 Å². The molecule has 11 heavy (non-hydrogen) atoms. The van der Waals surface area contributed by atoms with Crippen molar-refractivity contribution < 1.29 is 4.74 Å². The van der Waals surface area contributed by atoms with E-state index in [1.807, 2.05) is 0 Å². The van der Waals surface area contributed by atoms with Crippen LogP contribution in [0.15, 0.2) is 0 Å². The molecule has 0 aromatic rings. The Hall–Kier alpha value is -0.0800. The van der Waals surface area contributed by atoms with E-state index < -0.39 is 0 Å². The van der Waals surface area contributed by atoms with Gasteiger partial charge in [-0.25, -0.2) is 0 Å². The van der Waals surface area contributed by atoms with Crippen molar-refractivity contribution >= 4 is 0 Å². The smallest absolute Gasteiger partial charge is 0.0471 e. The summed E-state index contributed by atoms with van der Waals surface area (Å²) >= 11 is 0. The average Bonchev–Trinajstić information content (AvgIpc) is 2.71. The van der Waals surface area contributed by atoms with Gasteiger partial charge >= 0.3 is 0 Å². The van der Waals surface area contributed by atoms with Crippen molar-refractivity contribution in [1.82, 2.24) is 0 Å². The minimum absolute atomic E-state index is 0.177. The van der Waals surface area contributed by atoms with Gasteiger partial charge < -0.3 is 10.5 Å². The Balaban J connectivity index is 2.07. The molecular formula is C9H17NO. The molecule has 0 amide bonds. The molecule has 0 bridgehead atoms. The van der Waals surface area contributed by atoms with Gasteiger partial charge in [-0.05, 0) is 31.1 Å². The second kappa shape index (κ2) is 2.20. The van der Waals surface area contributed by atoms with E-state index >= 15 is 0 Å². The highest BCUT2D eigenvalue weighted by atomic mass is 16.5. The van der Waals surface area contributed by atoms with Crippen LogP contribution in [0.4, 0.5) is 0 Å². The van der Waals surface area contributed by atoms with Crippen LogP contribution >= 0.6 is 0 Å². The molecule has 2 nitrogen and oxygen atoms in total. The SMILES string of the molecule is CC1(C2(N)CC2)CCOCC1. The third-order valence-corrected chi connectivity index (χ3v) is 3.59. The summed E-state index contributed by atoms with van der Waals surface area (Å²) in [7, 11) is 0. The highest BCUT2D eigenvalue weighted by Crippen LogP contribution is 2.52. The van der Waals surface area contributed by atoms with Crippen LogP contribution in [0.5, 0.6) is 0 Å². The molecule has 1 aliphatic heterocycles. The van der Waals surface area contributed by atoms with Crippen LogP contribution in [0.3, 0.4) is 0 Å². The van der Waals surface area contributed by atoms with Crippen LogP contribution in [0, 0.1) is 5.41 Å². The molecule has 2 heteroatoms. The molecule has 1 heterocycles. The fourth-order valence-corrected chi connectivity index (χ4v) is 2.06. The first-order chi connectivity index (χ1) is 5.16. The first-order valence-corrected chi connectivity index (χ1v) is 4.53. The minimum Gasteiger partial charge on any atom is -0.381 e. The van der Waals surface area contributed by atoms with Gasteiger partial charge in [-0.2, -0.15) is 0 Å². The monoisotopic (exact) mass is 155 g/mol. The number of nitrogens with two attached hydrogens (primary N) is 1. The van der Waals surface area contributed by atoms with E-state index in [0.29, 0.717) is 5.41 Å². The summed E-state index contributed by atoms with van der Waals surface area (Å²) in [5.41, 5.74) is 6.76. The molecule has 0 aromatic heterocycles. The van der Waals surface area contributed by atoms with Gasteiger partial charge in [0.1, 0.15) is 0 Å². The zero-order valence-electron chi connectivity index (χ0n) is 7.23. The molecule has 1 saturated carbocycles. The molecular weight excluding hydrogens is 138 g/mol. The van der Waals surface area contributed by atoms with Gasteiger partial charge in [-0.1, -0.05) is 6.92 Å². The average molecular weight is 155 g/mol. The number of hydrogen-bond acceptors (Lipinski definition) is 2. The Labute approximate surface area is 68.1 Å². The standard InChI is InChI=1S/C9H17NO/c1-8(9(10)2-3-9)4-6-11-7-5-8/h2-7,10H2,1H3. The lowest BCUT2D eigenvalue weighted by Crippen LogP contribution is -2.45. The zero-order chi connectivity index (χ0) is 7.95. The van der Waals surface area contributed by atoms with Gasteiger partial charge in [-0.3, -0.25) is 0 Å². The van der Waals surface area contributed by atoms with Crippen molar-refractivity contribution in [3.05, 3.63) is 0 Å². The number of rotatable bonds is 1. The van der Waals surface area contributed by atoms with Gasteiger partial charge in [0.2, 0.25) is 0 Å². The molecule has 0 unspecified atom stereocenters. The van der Waals surface area contributed by atoms with E-state index in [9.17, 15) is 0 Å². The molecule has 64 valence electrons. The van der Waals surface area contributed by atoms with Gasteiger partial charge in [0.15, 0.2) is 0 Å². The highest BCUT2D eigenvalue weighted by molar-refractivity contribution is 5.10. The minimum atomic E-state index is 0.177. The Morgan fingerprint density at radius 1 is 1.09 bits per heavy atom. The second-order valence-corrected chi connectivity index (χ2v) is 4.33. The normalized spacial score (nSPS) is 33.3. The van der Waals surface area contributed by atoms with Crippen molar-refractivity contribution in [1.29, 1.82) is 0 Å². The summed E-state index contributed by atoms with van der Waals surface area (Å²) in [5, 5.41) is 0. The molecule has 0 aromatic carbocycles. The van der Waals surface area contributed by atoms with Crippen LogP contribution in [-0.4, -0.2) is 18.8 Å². The predicted octanol–water partition coefficient (Wildman–Crippen LogP) is 1.29. The van der Waals surface area contributed by atoms with Gasteiger partial charge in [0.25, 0.3) is 0 Å². The molecule has 0 radical (unpaired) electrons. The first-order valence-electron chi connectivity index (χ1n) is 4.53. The molecule has 2 rings (SSSR count). The Bertz CT molecular complexity index is 157. The van der Waals surface area contributed by atoms with Crippen LogP contribution in [0.2, 0.25) is 0 Å². The number of ether oxygens (including phenoxy) is 1. The van der Waals surface area contributed by atoms with E-state index in [0.717, 1.165) is 26.1 Å². The third-order valence-electron chi connectivity index (χ3n) is 3.59. The lowest BCUT2D eigenvalue weighted by molar-refractivity contribution is 0.00551.